The number of rotatable bonds is 7. The molecule has 0 unspecified atom stereocenters. The van der Waals surface area contributed by atoms with Crippen molar-refractivity contribution in [3.8, 4) is 12.3 Å². The Kier molecular flexibility index (Phi) is 6.40. The zero-order valence-corrected chi connectivity index (χ0v) is 17.1. The Balaban J connectivity index is 1.64. The smallest absolute Gasteiger partial charge is 0.325 e. The van der Waals surface area contributed by atoms with Gasteiger partial charge in [-0.1, -0.05) is 24.8 Å². The number of carbonyl (C=O) groups is 4. The molecule has 0 atom stereocenters. The molecule has 30 heavy (non-hydrogen) atoms. The molecule has 1 saturated heterocycles. The van der Waals surface area contributed by atoms with Crippen LogP contribution in [-0.4, -0.2) is 54.3 Å². The minimum Gasteiger partial charge on any atom is -0.358 e. The normalized spacial score (nSPS) is 17.0. The number of imide groups is 1. The van der Waals surface area contributed by atoms with Crippen molar-refractivity contribution in [2.24, 2.45) is 0 Å². The fourth-order valence-electron chi connectivity index (χ4n) is 4.03. The maximum absolute atomic E-state index is 12.9. The number of nitrogens with one attached hydrogen (secondary N) is 2. The van der Waals surface area contributed by atoms with Crippen molar-refractivity contribution in [2.75, 3.05) is 25.0 Å². The highest BCUT2D eigenvalue weighted by atomic mass is 16.2. The van der Waals surface area contributed by atoms with Gasteiger partial charge in [-0.2, -0.15) is 0 Å². The highest BCUT2D eigenvalue weighted by molar-refractivity contribution is 6.07. The monoisotopic (exact) mass is 410 g/mol. The second-order valence-electron chi connectivity index (χ2n) is 7.63. The van der Waals surface area contributed by atoms with Crippen LogP contribution in [0.25, 0.3) is 0 Å². The van der Waals surface area contributed by atoms with E-state index in [-0.39, 0.29) is 37.2 Å². The van der Waals surface area contributed by atoms with Gasteiger partial charge < -0.3 is 15.5 Å². The van der Waals surface area contributed by atoms with Gasteiger partial charge in [0.1, 0.15) is 12.1 Å². The van der Waals surface area contributed by atoms with E-state index in [2.05, 4.69) is 16.6 Å². The molecule has 0 aromatic heterocycles. The molecule has 0 radical (unpaired) electrons. The maximum Gasteiger partial charge on any atom is 0.325 e. The third kappa shape index (κ3) is 4.30. The van der Waals surface area contributed by atoms with Crippen molar-refractivity contribution < 1.29 is 19.2 Å². The number of anilines is 1. The van der Waals surface area contributed by atoms with Gasteiger partial charge in [0.05, 0.1) is 0 Å². The first-order valence-electron chi connectivity index (χ1n) is 10.1. The first kappa shape index (κ1) is 21.4. The number of benzene rings is 1. The molecule has 2 N–H and O–H groups in total. The van der Waals surface area contributed by atoms with Crippen LogP contribution >= 0.6 is 0 Å². The van der Waals surface area contributed by atoms with Crippen LogP contribution in [0.3, 0.4) is 0 Å². The van der Waals surface area contributed by atoms with Gasteiger partial charge in [0.25, 0.3) is 5.91 Å². The summed E-state index contributed by atoms with van der Waals surface area (Å²) in [6.07, 6.45) is 9.01. The van der Waals surface area contributed by atoms with E-state index in [1.807, 2.05) is 0 Å². The van der Waals surface area contributed by atoms with Gasteiger partial charge in [0.2, 0.25) is 11.8 Å². The predicted molar refractivity (Wildman–Crippen MR) is 111 cm³/mol. The number of likely N-dealkylation sites (N-methyl/N-ethyl adjacent to an activating group) is 1. The first-order valence-corrected chi connectivity index (χ1v) is 10.1. The van der Waals surface area contributed by atoms with E-state index in [1.165, 1.54) is 16.8 Å². The largest absolute Gasteiger partial charge is 0.358 e. The lowest BCUT2D eigenvalue weighted by molar-refractivity contribution is -0.131. The molecule has 1 aromatic carbocycles. The summed E-state index contributed by atoms with van der Waals surface area (Å²) >= 11 is 0. The summed E-state index contributed by atoms with van der Waals surface area (Å²) in [4.78, 5) is 52.3. The third-order valence-corrected chi connectivity index (χ3v) is 5.68. The summed E-state index contributed by atoms with van der Waals surface area (Å²) in [6.45, 7) is 0.0198. The Morgan fingerprint density at radius 1 is 1.30 bits per heavy atom. The molecule has 1 saturated carbocycles. The molecule has 3 rings (SSSR count). The summed E-state index contributed by atoms with van der Waals surface area (Å²) in [6, 6.07) is 6.45. The molecule has 1 spiro atoms. The van der Waals surface area contributed by atoms with E-state index < -0.39 is 11.6 Å². The van der Waals surface area contributed by atoms with Gasteiger partial charge in [-0.15, -0.1) is 6.42 Å². The molecule has 0 bridgehead atoms. The zero-order valence-electron chi connectivity index (χ0n) is 17.1. The van der Waals surface area contributed by atoms with Crippen molar-refractivity contribution in [1.29, 1.82) is 0 Å². The summed E-state index contributed by atoms with van der Waals surface area (Å²) < 4.78 is 0. The van der Waals surface area contributed by atoms with Gasteiger partial charge in [0.15, 0.2) is 0 Å². The maximum atomic E-state index is 12.9. The van der Waals surface area contributed by atoms with Crippen molar-refractivity contribution in [1.82, 2.24) is 15.5 Å². The van der Waals surface area contributed by atoms with Crippen LogP contribution in [0.2, 0.25) is 0 Å². The molecule has 1 aliphatic carbocycles. The molecule has 8 heteroatoms. The molecule has 158 valence electrons. The van der Waals surface area contributed by atoms with Crippen molar-refractivity contribution >= 4 is 29.4 Å². The number of carbonyl (C=O) groups excluding carboxylic acids is 4. The number of amides is 5. The molecule has 2 fully saturated rings. The van der Waals surface area contributed by atoms with E-state index in [0.717, 1.165) is 12.8 Å². The Bertz CT molecular complexity index is 899. The van der Waals surface area contributed by atoms with Gasteiger partial charge in [-0.05, 0) is 37.5 Å². The van der Waals surface area contributed by atoms with Crippen LogP contribution < -0.4 is 15.5 Å². The lowest BCUT2D eigenvalue weighted by atomic mass is 9.98. The summed E-state index contributed by atoms with van der Waals surface area (Å²) in [7, 11) is 1.50. The van der Waals surface area contributed by atoms with Crippen molar-refractivity contribution in [3.63, 3.8) is 0 Å². The Morgan fingerprint density at radius 3 is 2.70 bits per heavy atom. The van der Waals surface area contributed by atoms with Crippen LogP contribution in [0.5, 0.6) is 0 Å². The Labute approximate surface area is 176 Å². The highest BCUT2D eigenvalue weighted by Crippen LogP contribution is 2.35. The lowest BCUT2D eigenvalue weighted by Crippen LogP contribution is -2.44. The SMILES string of the molecule is C#Cc1cccc(N(CC(=O)NC)C(=O)CCCN2C(=O)NC3(CCCC3)C2=O)c1. The predicted octanol–water partition coefficient (Wildman–Crippen LogP) is 1.39. The average molecular weight is 410 g/mol. The third-order valence-electron chi connectivity index (χ3n) is 5.68. The molecular formula is C22H26N4O4. The quantitative estimate of drug-likeness (QED) is 0.524. The van der Waals surface area contributed by atoms with Gasteiger partial charge in [-0.25, -0.2) is 4.79 Å². The minimum atomic E-state index is -0.748. The second kappa shape index (κ2) is 8.99. The Morgan fingerprint density at radius 2 is 2.03 bits per heavy atom. The first-order chi connectivity index (χ1) is 14.4. The second-order valence-corrected chi connectivity index (χ2v) is 7.63. The van der Waals surface area contributed by atoms with Crippen LogP contribution in [-0.2, 0) is 14.4 Å². The number of terminal acetylenes is 1. The molecule has 1 heterocycles. The van der Waals surface area contributed by atoms with E-state index >= 15 is 0 Å². The van der Waals surface area contributed by atoms with Crippen molar-refractivity contribution in [3.05, 3.63) is 29.8 Å². The fourth-order valence-corrected chi connectivity index (χ4v) is 4.03. The van der Waals surface area contributed by atoms with Gasteiger partial charge >= 0.3 is 6.03 Å². The zero-order chi connectivity index (χ0) is 21.7. The van der Waals surface area contributed by atoms with Crippen LogP contribution in [0.4, 0.5) is 10.5 Å². The molecule has 1 aliphatic heterocycles. The standard InChI is InChI=1S/C22H26N4O4/c1-3-16-8-6-9-17(14-16)26(15-18(27)23-2)19(28)10-7-13-25-20(29)22(24-21(25)30)11-4-5-12-22/h1,6,8-9,14H,4-5,7,10-13,15H2,2H3,(H,23,27)(H,24,30). The highest BCUT2D eigenvalue weighted by Gasteiger charge is 2.52. The fraction of sp³-hybridized carbons (Fsp3) is 0.455. The van der Waals surface area contributed by atoms with Crippen LogP contribution in [0.15, 0.2) is 24.3 Å². The van der Waals surface area contributed by atoms with E-state index in [1.54, 1.807) is 24.3 Å². The van der Waals surface area contributed by atoms with E-state index in [0.29, 0.717) is 30.5 Å². The summed E-state index contributed by atoms with van der Waals surface area (Å²) in [5, 5.41) is 5.34. The number of urea groups is 1. The van der Waals surface area contributed by atoms with E-state index in [4.69, 9.17) is 6.42 Å². The Hall–Kier alpha value is -3.34. The van der Waals surface area contributed by atoms with Crippen LogP contribution in [0.1, 0.15) is 44.1 Å². The topological polar surface area (TPSA) is 98.8 Å². The molecule has 5 amide bonds. The minimum absolute atomic E-state index is 0.0847. The molecule has 1 aromatic rings. The summed E-state index contributed by atoms with van der Waals surface area (Å²) in [5.41, 5.74) is 0.379. The molecule has 2 aliphatic rings. The molecule has 8 nitrogen and oxygen atoms in total. The van der Waals surface area contributed by atoms with E-state index in [9.17, 15) is 19.2 Å². The van der Waals surface area contributed by atoms with Crippen molar-refractivity contribution in [2.45, 2.75) is 44.1 Å². The van der Waals surface area contributed by atoms with Crippen LogP contribution in [0, 0.1) is 12.3 Å². The number of hydrogen-bond donors (Lipinski definition) is 2. The molecular weight excluding hydrogens is 384 g/mol. The average Bonchev–Trinajstić information content (AvgIpc) is 3.31. The van der Waals surface area contributed by atoms with Gasteiger partial charge in [-0.3, -0.25) is 19.3 Å². The summed E-state index contributed by atoms with van der Waals surface area (Å²) in [5.74, 6) is 1.73. The number of hydrogen-bond acceptors (Lipinski definition) is 4. The van der Waals surface area contributed by atoms with Gasteiger partial charge in [0, 0.05) is 31.3 Å². The number of nitrogens with zero attached hydrogens (tertiary/aromatic N) is 2. The lowest BCUT2D eigenvalue weighted by Gasteiger charge is -2.23.